The summed E-state index contributed by atoms with van der Waals surface area (Å²) >= 11 is 0. The molecule has 0 atom stereocenters. The number of nitrogens with one attached hydrogen (secondary N) is 2. The highest BCUT2D eigenvalue weighted by Crippen LogP contribution is 2.28. The average Bonchev–Trinajstić information content (AvgIpc) is 2.56. The number of urea groups is 1. The number of methoxy groups -OCH3 is 1. The largest absolute Gasteiger partial charge is 0.494 e. The molecule has 7 nitrogen and oxygen atoms in total. The molecule has 0 saturated heterocycles. The van der Waals surface area contributed by atoms with Crippen molar-refractivity contribution in [1.29, 1.82) is 0 Å². The minimum absolute atomic E-state index is 0.0356. The first-order valence-corrected chi connectivity index (χ1v) is 8.80. The fourth-order valence-corrected chi connectivity index (χ4v) is 3.54. The average molecular weight is 365 g/mol. The minimum Gasteiger partial charge on any atom is -0.494 e. The number of hydrogen-bond donors (Lipinski definition) is 2. The predicted molar refractivity (Wildman–Crippen MR) is 90.7 cm³/mol. The number of halogens is 1. The highest BCUT2D eigenvalue weighted by molar-refractivity contribution is 7.92. The van der Waals surface area contributed by atoms with E-state index in [1.807, 2.05) is 0 Å². The highest BCUT2D eigenvalue weighted by atomic mass is 32.2. The zero-order valence-electron chi connectivity index (χ0n) is 13.5. The van der Waals surface area contributed by atoms with Crippen LogP contribution in [0, 0.1) is 5.82 Å². The van der Waals surface area contributed by atoms with E-state index in [0.29, 0.717) is 17.9 Å². The summed E-state index contributed by atoms with van der Waals surface area (Å²) in [6.45, 7) is 0.355. The van der Waals surface area contributed by atoms with E-state index < -0.39 is 15.8 Å². The van der Waals surface area contributed by atoms with Crippen LogP contribution in [0.4, 0.5) is 20.6 Å². The number of rotatable bonds is 4. The van der Waals surface area contributed by atoms with Crippen molar-refractivity contribution in [2.24, 2.45) is 0 Å². The number of carbonyl (C=O) groups is 1. The van der Waals surface area contributed by atoms with Gasteiger partial charge in [-0.25, -0.2) is 17.6 Å². The Labute approximate surface area is 144 Å². The first-order chi connectivity index (χ1) is 11.8. The van der Waals surface area contributed by atoms with Crippen molar-refractivity contribution in [1.82, 2.24) is 4.90 Å². The molecule has 0 aromatic heterocycles. The van der Waals surface area contributed by atoms with E-state index in [1.165, 1.54) is 30.2 Å². The molecule has 0 saturated carbocycles. The van der Waals surface area contributed by atoms with Crippen molar-refractivity contribution in [2.45, 2.75) is 11.4 Å². The Kier molecular flexibility index (Phi) is 4.25. The van der Waals surface area contributed by atoms with Crippen molar-refractivity contribution in [3.05, 3.63) is 47.8 Å². The van der Waals surface area contributed by atoms with Crippen LogP contribution in [0.25, 0.3) is 0 Å². The molecule has 0 unspecified atom stereocenters. The molecular formula is C16H16FN3O4S. The molecule has 2 aromatic carbocycles. The zero-order chi connectivity index (χ0) is 18.2. The number of hydrogen-bond acceptors (Lipinski definition) is 4. The molecule has 0 spiro atoms. The third-order valence-corrected chi connectivity index (χ3v) is 5.17. The van der Waals surface area contributed by atoms with Crippen molar-refractivity contribution in [2.75, 3.05) is 24.2 Å². The summed E-state index contributed by atoms with van der Waals surface area (Å²) in [5.41, 5.74) is 1.71. The van der Waals surface area contributed by atoms with Gasteiger partial charge in [0.1, 0.15) is 0 Å². The number of sulfonamides is 1. The second kappa shape index (κ2) is 6.25. The van der Waals surface area contributed by atoms with Crippen LogP contribution < -0.4 is 14.8 Å². The van der Waals surface area contributed by atoms with E-state index in [4.69, 9.17) is 4.74 Å². The second-order valence-corrected chi connectivity index (χ2v) is 7.24. The standard InChI is InChI=1S/C16H16FN3O4S/c1-20-9-10-7-11(3-5-14(10)18-16(20)21)19-25(22,23)12-4-6-15(24-2)13(17)8-12/h3-8,19H,9H2,1-2H3,(H,18,21). The van der Waals surface area contributed by atoms with E-state index in [9.17, 15) is 17.6 Å². The number of fused-ring (bicyclic) bond motifs is 1. The summed E-state index contributed by atoms with van der Waals surface area (Å²) < 4.78 is 45.8. The monoisotopic (exact) mass is 365 g/mol. The van der Waals surface area contributed by atoms with E-state index in [-0.39, 0.29) is 16.7 Å². The Hall–Kier alpha value is -2.81. The van der Waals surface area contributed by atoms with E-state index >= 15 is 0 Å². The fourth-order valence-electron chi connectivity index (χ4n) is 2.48. The molecule has 0 fully saturated rings. The van der Waals surface area contributed by atoms with Crippen LogP contribution >= 0.6 is 0 Å². The number of nitrogens with zero attached hydrogens (tertiary/aromatic N) is 1. The number of carbonyl (C=O) groups excluding carboxylic acids is 1. The predicted octanol–water partition coefficient (Wildman–Crippen LogP) is 2.61. The maximum Gasteiger partial charge on any atom is 0.321 e. The first-order valence-electron chi connectivity index (χ1n) is 7.31. The molecule has 0 radical (unpaired) electrons. The van der Waals surface area contributed by atoms with Gasteiger partial charge in [-0.2, -0.15) is 0 Å². The Morgan fingerprint density at radius 1 is 1.24 bits per heavy atom. The smallest absolute Gasteiger partial charge is 0.321 e. The van der Waals surface area contributed by atoms with E-state index in [2.05, 4.69) is 10.0 Å². The molecule has 132 valence electrons. The highest BCUT2D eigenvalue weighted by Gasteiger charge is 2.21. The molecule has 25 heavy (non-hydrogen) atoms. The van der Waals surface area contributed by atoms with Gasteiger partial charge in [0.25, 0.3) is 10.0 Å². The van der Waals surface area contributed by atoms with Crippen molar-refractivity contribution >= 4 is 27.4 Å². The van der Waals surface area contributed by atoms with Gasteiger partial charge in [0, 0.05) is 25.0 Å². The van der Waals surface area contributed by atoms with Gasteiger partial charge in [0.05, 0.1) is 12.0 Å². The summed E-state index contributed by atoms with van der Waals surface area (Å²) in [5.74, 6) is -0.799. The lowest BCUT2D eigenvalue weighted by atomic mass is 10.1. The van der Waals surface area contributed by atoms with Gasteiger partial charge in [0.15, 0.2) is 11.6 Å². The number of ether oxygens (including phenoxy) is 1. The van der Waals surface area contributed by atoms with Crippen LogP contribution in [0.1, 0.15) is 5.56 Å². The SMILES string of the molecule is COc1ccc(S(=O)(=O)Nc2ccc3c(c2)CN(C)C(=O)N3)cc1F. The third kappa shape index (κ3) is 3.36. The summed E-state index contributed by atoms with van der Waals surface area (Å²) in [6, 6.07) is 7.96. The Morgan fingerprint density at radius 2 is 2.00 bits per heavy atom. The molecule has 2 amide bonds. The van der Waals surface area contributed by atoms with Gasteiger partial charge in [-0.1, -0.05) is 0 Å². The number of amides is 2. The molecule has 2 N–H and O–H groups in total. The Morgan fingerprint density at radius 3 is 2.68 bits per heavy atom. The molecule has 1 heterocycles. The van der Waals surface area contributed by atoms with Gasteiger partial charge < -0.3 is 15.0 Å². The van der Waals surface area contributed by atoms with Crippen LogP contribution in [-0.4, -0.2) is 33.5 Å². The minimum atomic E-state index is -3.96. The summed E-state index contributed by atoms with van der Waals surface area (Å²) in [4.78, 5) is 12.9. The lowest BCUT2D eigenvalue weighted by Gasteiger charge is -2.26. The van der Waals surface area contributed by atoms with E-state index in [0.717, 1.165) is 11.6 Å². The number of benzene rings is 2. The van der Waals surface area contributed by atoms with Gasteiger partial charge >= 0.3 is 6.03 Å². The van der Waals surface area contributed by atoms with Crippen molar-refractivity contribution in [3.8, 4) is 5.75 Å². The summed E-state index contributed by atoms with van der Waals surface area (Å²) in [7, 11) is -1.02. The fraction of sp³-hybridized carbons (Fsp3) is 0.188. The first kappa shape index (κ1) is 17.0. The van der Waals surface area contributed by atoms with Crippen LogP contribution in [0.3, 0.4) is 0 Å². The van der Waals surface area contributed by atoms with Gasteiger partial charge in [-0.05, 0) is 42.0 Å². The topological polar surface area (TPSA) is 87.7 Å². The molecule has 1 aliphatic rings. The van der Waals surface area contributed by atoms with Crippen LogP contribution in [0.5, 0.6) is 5.75 Å². The summed E-state index contributed by atoms with van der Waals surface area (Å²) in [6.07, 6.45) is 0. The molecule has 0 aliphatic carbocycles. The third-order valence-electron chi connectivity index (χ3n) is 3.79. The lowest BCUT2D eigenvalue weighted by molar-refractivity contribution is 0.218. The molecular weight excluding hydrogens is 349 g/mol. The van der Waals surface area contributed by atoms with Gasteiger partial charge in [0.2, 0.25) is 0 Å². The zero-order valence-corrected chi connectivity index (χ0v) is 14.4. The normalized spacial score (nSPS) is 13.9. The molecule has 3 rings (SSSR count). The maximum atomic E-state index is 13.8. The van der Waals surface area contributed by atoms with Crippen molar-refractivity contribution in [3.63, 3.8) is 0 Å². The Bertz CT molecular complexity index is 946. The molecule has 2 aromatic rings. The Balaban J connectivity index is 1.88. The van der Waals surface area contributed by atoms with E-state index in [1.54, 1.807) is 19.2 Å². The number of anilines is 2. The van der Waals surface area contributed by atoms with Crippen LogP contribution in [0.2, 0.25) is 0 Å². The molecule has 0 bridgehead atoms. The van der Waals surface area contributed by atoms with Gasteiger partial charge in [-0.15, -0.1) is 0 Å². The quantitative estimate of drug-likeness (QED) is 0.872. The summed E-state index contributed by atoms with van der Waals surface area (Å²) in [5, 5.41) is 2.70. The second-order valence-electron chi connectivity index (χ2n) is 5.56. The lowest BCUT2D eigenvalue weighted by Crippen LogP contribution is -2.35. The molecule has 1 aliphatic heterocycles. The van der Waals surface area contributed by atoms with Gasteiger partial charge in [-0.3, -0.25) is 4.72 Å². The van der Waals surface area contributed by atoms with Crippen molar-refractivity contribution < 1.29 is 22.3 Å². The maximum absolute atomic E-state index is 13.8. The van der Waals surface area contributed by atoms with Crippen LogP contribution in [0.15, 0.2) is 41.3 Å². The van der Waals surface area contributed by atoms with Crippen LogP contribution in [-0.2, 0) is 16.6 Å². The molecule has 9 heteroatoms.